The fourth-order valence-electron chi connectivity index (χ4n) is 1.85. The molecule has 0 aliphatic carbocycles. The molecule has 0 bridgehead atoms. The number of anilines is 1. The largest absolute Gasteiger partial charge is 0.322 e. The monoisotopic (exact) mass is 297 g/mol. The highest BCUT2D eigenvalue weighted by molar-refractivity contribution is 8.02. The summed E-state index contributed by atoms with van der Waals surface area (Å²) in [6.45, 7) is 6.06. The van der Waals surface area contributed by atoms with E-state index >= 15 is 0 Å². The third-order valence-corrected chi connectivity index (χ3v) is 4.19. The molecule has 1 N–H and O–H groups in total. The summed E-state index contributed by atoms with van der Waals surface area (Å²) in [4.78, 5) is 13.4. The maximum Gasteiger partial charge on any atom is 0.255 e. The Morgan fingerprint density at radius 2 is 1.81 bits per heavy atom. The number of hydrogen-bond acceptors (Lipinski definition) is 2. The van der Waals surface area contributed by atoms with E-state index in [9.17, 15) is 4.79 Å². The Hall–Kier alpha value is -2.00. The van der Waals surface area contributed by atoms with Crippen LogP contribution < -0.4 is 5.32 Å². The summed E-state index contributed by atoms with van der Waals surface area (Å²) < 4.78 is 0. The van der Waals surface area contributed by atoms with Crippen molar-refractivity contribution in [3.8, 4) is 0 Å². The smallest absolute Gasteiger partial charge is 0.255 e. The molecular weight excluding hydrogens is 278 g/mol. The predicted octanol–water partition coefficient (Wildman–Crippen LogP) is 5.18. The molecule has 0 unspecified atom stereocenters. The molecule has 108 valence electrons. The van der Waals surface area contributed by atoms with E-state index in [0.717, 1.165) is 10.6 Å². The van der Waals surface area contributed by atoms with Crippen LogP contribution in [0.5, 0.6) is 0 Å². The fraction of sp³-hybridized carbons (Fsp3) is 0.167. The number of aryl methyl sites for hydroxylation is 2. The first-order chi connectivity index (χ1) is 10.1. The summed E-state index contributed by atoms with van der Waals surface area (Å²) in [5.74, 6) is -0.0822. The van der Waals surface area contributed by atoms with Crippen LogP contribution >= 0.6 is 11.8 Å². The van der Waals surface area contributed by atoms with E-state index in [2.05, 4.69) is 5.32 Å². The molecule has 0 aliphatic rings. The Morgan fingerprint density at radius 3 is 2.48 bits per heavy atom. The van der Waals surface area contributed by atoms with E-state index in [1.54, 1.807) is 11.8 Å². The van der Waals surface area contributed by atoms with Crippen molar-refractivity contribution in [3.63, 3.8) is 0 Å². The summed E-state index contributed by atoms with van der Waals surface area (Å²) in [7, 11) is 0. The van der Waals surface area contributed by atoms with Crippen molar-refractivity contribution in [1.29, 1.82) is 0 Å². The molecule has 0 spiro atoms. The van der Waals surface area contributed by atoms with Gasteiger partial charge in [-0.2, -0.15) is 0 Å². The average molecular weight is 297 g/mol. The minimum atomic E-state index is -0.0822. The quantitative estimate of drug-likeness (QED) is 0.788. The van der Waals surface area contributed by atoms with Gasteiger partial charge in [-0.25, -0.2) is 0 Å². The Morgan fingerprint density at radius 1 is 1.10 bits per heavy atom. The van der Waals surface area contributed by atoms with Crippen LogP contribution in [0, 0.1) is 13.8 Å². The first kappa shape index (κ1) is 15.4. The van der Waals surface area contributed by atoms with Crippen molar-refractivity contribution >= 4 is 23.4 Å². The molecule has 0 radical (unpaired) electrons. The zero-order valence-corrected chi connectivity index (χ0v) is 13.3. The lowest BCUT2D eigenvalue weighted by Crippen LogP contribution is -2.12. The summed E-state index contributed by atoms with van der Waals surface area (Å²) in [6.07, 6.45) is 1.99. The third-order valence-electron chi connectivity index (χ3n) is 3.09. The summed E-state index contributed by atoms with van der Waals surface area (Å²) in [5.41, 5.74) is 3.83. The van der Waals surface area contributed by atoms with Crippen molar-refractivity contribution < 1.29 is 4.79 Å². The van der Waals surface area contributed by atoms with E-state index in [4.69, 9.17) is 0 Å². The van der Waals surface area contributed by atoms with Crippen molar-refractivity contribution in [3.05, 3.63) is 70.6 Å². The molecule has 0 saturated carbocycles. The van der Waals surface area contributed by atoms with Gasteiger partial charge in [0.15, 0.2) is 0 Å². The maximum absolute atomic E-state index is 12.3. The highest BCUT2D eigenvalue weighted by atomic mass is 32.2. The molecule has 21 heavy (non-hydrogen) atoms. The molecule has 0 heterocycles. The average Bonchev–Trinajstić information content (AvgIpc) is 2.48. The molecule has 2 nitrogen and oxygen atoms in total. The lowest BCUT2D eigenvalue weighted by atomic mass is 10.1. The highest BCUT2D eigenvalue weighted by Crippen LogP contribution is 2.25. The molecule has 2 aromatic rings. The van der Waals surface area contributed by atoms with Crippen molar-refractivity contribution in [2.45, 2.75) is 25.7 Å². The molecule has 0 aliphatic heterocycles. The van der Waals surface area contributed by atoms with Gasteiger partial charge >= 0.3 is 0 Å². The lowest BCUT2D eigenvalue weighted by Gasteiger charge is -2.08. The van der Waals surface area contributed by atoms with Crippen LogP contribution in [0.25, 0.3) is 0 Å². The second kappa shape index (κ2) is 7.14. The lowest BCUT2D eigenvalue weighted by molar-refractivity contribution is 0.102. The van der Waals surface area contributed by atoms with Gasteiger partial charge in [-0.1, -0.05) is 41.6 Å². The van der Waals surface area contributed by atoms with Crippen molar-refractivity contribution in [1.82, 2.24) is 0 Å². The minimum absolute atomic E-state index is 0.0822. The van der Waals surface area contributed by atoms with E-state index < -0.39 is 0 Å². The first-order valence-electron chi connectivity index (χ1n) is 6.86. The van der Waals surface area contributed by atoms with Gasteiger partial charge in [0.1, 0.15) is 0 Å². The topological polar surface area (TPSA) is 29.1 Å². The number of nitrogens with one attached hydrogen (secondary N) is 1. The van der Waals surface area contributed by atoms with Gasteiger partial charge < -0.3 is 5.32 Å². The molecule has 0 atom stereocenters. The van der Waals surface area contributed by atoms with E-state index in [1.807, 2.05) is 74.7 Å². The molecule has 2 rings (SSSR count). The van der Waals surface area contributed by atoms with Gasteiger partial charge in [0.25, 0.3) is 5.91 Å². The third kappa shape index (κ3) is 4.23. The number of allylic oxidation sites excluding steroid dienone is 1. The molecule has 0 fully saturated rings. The molecule has 0 saturated heterocycles. The number of carbonyl (C=O) groups is 1. The second-order valence-electron chi connectivity index (χ2n) is 4.89. The number of benzene rings is 2. The fourth-order valence-corrected chi connectivity index (χ4v) is 2.58. The standard InChI is InChI=1S/C18H19NOS/c1-4-11-21-17-12-15(8-7-14(17)3)18(20)19-16-9-5-13(2)6-10-16/h4-12H,1-3H3,(H,19,20)/b11-4-. The van der Waals surface area contributed by atoms with Gasteiger partial charge in [-0.05, 0) is 56.0 Å². The Kier molecular flexibility index (Phi) is 5.23. The summed E-state index contributed by atoms with van der Waals surface area (Å²) in [6, 6.07) is 13.6. The second-order valence-corrected chi connectivity index (χ2v) is 5.84. The molecular formula is C18H19NOS. The Balaban J connectivity index is 2.17. The van der Waals surface area contributed by atoms with Gasteiger partial charge in [-0.15, -0.1) is 0 Å². The van der Waals surface area contributed by atoms with E-state index in [0.29, 0.717) is 5.56 Å². The molecule has 2 aromatic carbocycles. The van der Waals surface area contributed by atoms with Crippen LogP contribution in [-0.2, 0) is 0 Å². The van der Waals surface area contributed by atoms with Gasteiger partial charge in [0.2, 0.25) is 0 Å². The van der Waals surface area contributed by atoms with Crippen LogP contribution in [0.15, 0.2) is 58.8 Å². The van der Waals surface area contributed by atoms with Gasteiger partial charge in [0.05, 0.1) is 0 Å². The van der Waals surface area contributed by atoms with Gasteiger partial charge in [0, 0.05) is 16.1 Å². The van der Waals surface area contributed by atoms with Crippen LogP contribution in [0.1, 0.15) is 28.4 Å². The number of carbonyl (C=O) groups excluding carboxylic acids is 1. The molecule has 1 amide bonds. The van der Waals surface area contributed by atoms with E-state index in [-0.39, 0.29) is 5.91 Å². The maximum atomic E-state index is 12.3. The van der Waals surface area contributed by atoms with Crippen LogP contribution in [0.4, 0.5) is 5.69 Å². The minimum Gasteiger partial charge on any atom is -0.322 e. The van der Waals surface area contributed by atoms with Crippen LogP contribution in [0.2, 0.25) is 0 Å². The van der Waals surface area contributed by atoms with Gasteiger partial charge in [-0.3, -0.25) is 4.79 Å². The summed E-state index contributed by atoms with van der Waals surface area (Å²) in [5, 5.41) is 4.94. The number of amides is 1. The number of rotatable bonds is 4. The zero-order valence-electron chi connectivity index (χ0n) is 12.5. The van der Waals surface area contributed by atoms with E-state index in [1.165, 1.54) is 11.1 Å². The summed E-state index contributed by atoms with van der Waals surface area (Å²) >= 11 is 1.63. The Labute approximate surface area is 130 Å². The Bertz CT molecular complexity index is 659. The van der Waals surface area contributed by atoms with Crippen LogP contribution in [-0.4, -0.2) is 5.91 Å². The number of thioether (sulfide) groups is 1. The first-order valence-corrected chi connectivity index (χ1v) is 7.74. The predicted molar refractivity (Wildman–Crippen MR) is 91.0 cm³/mol. The normalized spacial score (nSPS) is 10.8. The number of hydrogen-bond donors (Lipinski definition) is 1. The SMILES string of the molecule is C/C=C\Sc1cc(C(=O)Nc2ccc(C)cc2)ccc1C. The van der Waals surface area contributed by atoms with Crippen molar-refractivity contribution in [2.75, 3.05) is 5.32 Å². The van der Waals surface area contributed by atoms with Crippen molar-refractivity contribution in [2.24, 2.45) is 0 Å². The molecule has 3 heteroatoms. The zero-order chi connectivity index (χ0) is 15.2. The van der Waals surface area contributed by atoms with Crippen LogP contribution in [0.3, 0.4) is 0 Å². The molecule has 0 aromatic heterocycles. The highest BCUT2D eigenvalue weighted by Gasteiger charge is 2.08.